The van der Waals surface area contributed by atoms with Crippen LogP contribution < -0.4 is 5.32 Å². The summed E-state index contributed by atoms with van der Waals surface area (Å²) in [6.07, 6.45) is 4.15. The molecule has 112 valence electrons. The first-order chi connectivity index (χ1) is 10.1. The Kier molecular flexibility index (Phi) is 5.03. The molecule has 1 N–H and O–H groups in total. The standard InChI is InChI=1S/C18H25N3/c1-4-10-20-13-16-7-5-6-15-8-11-21(17(15)16)12-9-18(2,3)14-19/h5-8,11,20H,4,9-10,12-13H2,1-3H3. The third-order valence-electron chi connectivity index (χ3n) is 3.89. The third kappa shape index (κ3) is 3.86. The number of nitriles is 1. The number of aromatic nitrogens is 1. The van der Waals surface area contributed by atoms with Crippen LogP contribution in [-0.4, -0.2) is 11.1 Å². The Labute approximate surface area is 127 Å². The molecule has 0 aliphatic carbocycles. The first-order valence-electron chi connectivity index (χ1n) is 7.76. The lowest BCUT2D eigenvalue weighted by atomic mass is 9.91. The number of fused-ring (bicyclic) bond motifs is 1. The van der Waals surface area contributed by atoms with E-state index in [2.05, 4.69) is 53.3 Å². The van der Waals surface area contributed by atoms with Crippen LogP contribution in [0.1, 0.15) is 39.2 Å². The van der Waals surface area contributed by atoms with Gasteiger partial charge in [-0.25, -0.2) is 0 Å². The molecule has 21 heavy (non-hydrogen) atoms. The van der Waals surface area contributed by atoms with Gasteiger partial charge in [-0.1, -0.05) is 25.1 Å². The monoisotopic (exact) mass is 283 g/mol. The largest absolute Gasteiger partial charge is 0.347 e. The molecule has 1 aromatic heterocycles. The number of nitrogens with zero attached hydrogens (tertiary/aromatic N) is 2. The van der Waals surface area contributed by atoms with Gasteiger partial charge in [0.05, 0.1) is 17.0 Å². The van der Waals surface area contributed by atoms with Crippen LogP contribution in [0.3, 0.4) is 0 Å². The van der Waals surface area contributed by atoms with Crippen LogP contribution in [0.15, 0.2) is 30.5 Å². The predicted molar refractivity (Wildman–Crippen MR) is 87.9 cm³/mol. The fraction of sp³-hybridized carbons (Fsp3) is 0.500. The molecule has 1 heterocycles. The molecule has 0 atom stereocenters. The molecule has 3 nitrogen and oxygen atoms in total. The van der Waals surface area contributed by atoms with Crippen LogP contribution in [0.2, 0.25) is 0 Å². The minimum absolute atomic E-state index is 0.272. The molecular formula is C18H25N3. The van der Waals surface area contributed by atoms with Crippen LogP contribution in [0.4, 0.5) is 0 Å². The van der Waals surface area contributed by atoms with Crippen molar-refractivity contribution >= 4 is 10.9 Å². The van der Waals surface area contributed by atoms with Crippen molar-refractivity contribution in [2.24, 2.45) is 5.41 Å². The van der Waals surface area contributed by atoms with Gasteiger partial charge in [0.1, 0.15) is 0 Å². The van der Waals surface area contributed by atoms with Crippen molar-refractivity contribution in [3.63, 3.8) is 0 Å². The van der Waals surface area contributed by atoms with Gasteiger partial charge in [-0.2, -0.15) is 5.26 Å². The Morgan fingerprint density at radius 2 is 2.10 bits per heavy atom. The number of hydrogen-bond donors (Lipinski definition) is 1. The molecule has 0 fully saturated rings. The summed E-state index contributed by atoms with van der Waals surface area (Å²) in [5.41, 5.74) is 2.36. The van der Waals surface area contributed by atoms with E-state index in [1.165, 1.54) is 16.5 Å². The van der Waals surface area contributed by atoms with Crippen molar-refractivity contribution in [2.45, 2.75) is 46.7 Å². The number of hydrogen-bond acceptors (Lipinski definition) is 2. The summed E-state index contributed by atoms with van der Waals surface area (Å²) in [7, 11) is 0. The van der Waals surface area contributed by atoms with E-state index in [1.807, 2.05) is 13.8 Å². The van der Waals surface area contributed by atoms with Gasteiger partial charge in [0.2, 0.25) is 0 Å². The van der Waals surface area contributed by atoms with Gasteiger partial charge in [0.15, 0.2) is 0 Å². The zero-order chi connectivity index (χ0) is 15.3. The van der Waals surface area contributed by atoms with E-state index in [1.54, 1.807) is 0 Å². The zero-order valence-corrected chi connectivity index (χ0v) is 13.3. The van der Waals surface area contributed by atoms with E-state index in [-0.39, 0.29) is 5.41 Å². The number of benzene rings is 1. The summed E-state index contributed by atoms with van der Waals surface area (Å²) in [5.74, 6) is 0. The molecule has 0 spiro atoms. The number of rotatable bonds is 7. The highest BCUT2D eigenvalue weighted by Crippen LogP contribution is 2.24. The van der Waals surface area contributed by atoms with E-state index in [9.17, 15) is 0 Å². The predicted octanol–water partition coefficient (Wildman–Crippen LogP) is 4.08. The minimum Gasteiger partial charge on any atom is -0.347 e. The fourth-order valence-electron chi connectivity index (χ4n) is 2.53. The maximum atomic E-state index is 9.16. The maximum absolute atomic E-state index is 9.16. The molecule has 1 aromatic carbocycles. The van der Waals surface area contributed by atoms with Crippen molar-refractivity contribution in [1.82, 2.24) is 9.88 Å². The molecule has 0 radical (unpaired) electrons. The fourth-order valence-corrected chi connectivity index (χ4v) is 2.53. The summed E-state index contributed by atoms with van der Waals surface area (Å²) in [6.45, 7) is 9.01. The second kappa shape index (κ2) is 6.78. The smallest absolute Gasteiger partial charge is 0.0684 e. The van der Waals surface area contributed by atoms with Crippen LogP contribution >= 0.6 is 0 Å². The molecule has 0 aliphatic heterocycles. The Morgan fingerprint density at radius 3 is 2.81 bits per heavy atom. The van der Waals surface area contributed by atoms with E-state index < -0.39 is 0 Å². The van der Waals surface area contributed by atoms with E-state index in [4.69, 9.17) is 5.26 Å². The first kappa shape index (κ1) is 15.6. The highest BCUT2D eigenvalue weighted by atomic mass is 15.0. The summed E-state index contributed by atoms with van der Waals surface area (Å²) < 4.78 is 2.29. The molecule has 2 rings (SSSR count). The molecular weight excluding hydrogens is 258 g/mol. The summed E-state index contributed by atoms with van der Waals surface area (Å²) >= 11 is 0. The molecule has 0 bridgehead atoms. The summed E-state index contributed by atoms with van der Waals surface area (Å²) in [4.78, 5) is 0. The number of nitrogens with one attached hydrogen (secondary N) is 1. The van der Waals surface area contributed by atoms with Gasteiger partial charge in [-0.15, -0.1) is 0 Å². The van der Waals surface area contributed by atoms with Crippen molar-refractivity contribution in [3.8, 4) is 6.07 Å². The van der Waals surface area contributed by atoms with E-state index in [0.717, 1.165) is 32.5 Å². The molecule has 0 amide bonds. The van der Waals surface area contributed by atoms with Gasteiger partial charge < -0.3 is 9.88 Å². The van der Waals surface area contributed by atoms with Crippen LogP contribution in [0, 0.1) is 16.7 Å². The molecule has 3 heteroatoms. The van der Waals surface area contributed by atoms with Gasteiger partial charge >= 0.3 is 0 Å². The summed E-state index contributed by atoms with van der Waals surface area (Å²) in [5, 5.41) is 13.9. The van der Waals surface area contributed by atoms with Crippen molar-refractivity contribution in [2.75, 3.05) is 6.54 Å². The lowest BCUT2D eigenvalue weighted by molar-refractivity contribution is 0.417. The van der Waals surface area contributed by atoms with Crippen LogP contribution in [0.5, 0.6) is 0 Å². The molecule has 0 saturated heterocycles. The zero-order valence-electron chi connectivity index (χ0n) is 13.3. The third-order valence-corrected chi connectivity index (χ3v) is 3.89. The highest BCUT2D eigenvalue weighted by Gasteiger charge is 2.17. The average molecular weight is 283 g/mol. The Morgan fingerprint density at radius 1 is 1.29 bits per heavy atom. The van der Waals surface area contributed by atoms with Gasteiger partial charge in [-0.05, 0) is 50.2 Å². The topological polar surface area (TPSA) is 40.8 Å². The van der Waals surface area contributed by atoms with Gasteiger partial charge in [0.25, 0.3) is 0 Å². The van der Waals surface area contributed by atoms with Crippen molar-refractivity contribution in [3.05, 3.63) is 36.0 Å². The highest BCUT2D eigenvalue weighted by molar-refractivity contribution is 5.83. The van der Waals surface area contributed by atoms with Crippen LogP contribution in [0.25, 0.3) is 10.9 Å². The Hall–Kier alpha value is -1.79. The second-order valence-corrected chi connectivity index (χ2v) is 6.29. The Bertz CT molecular complexity index is 631. The molecule has 0 saturated carbocycles. The van der Waals surface area contributed by atoms with Crippen molar-refractivity contribution in [1.29, 1.82) is 5.26 Å². The van der Waals surface area contributed by atoms with E-state index in [0.29, 0.717) is 0 Å². The van der Waals surface area contributed by atoms with Crippen LogP contribution in [-0.2, 0) is 13.1 Å². The number of para-hydroxylation sites is 1. The number of aryl methyl sites for hydroxylation is 1. The molecule has 2 aromatic rings. The van der Waals surface area contributed by atoms with Gasteiger partial charge in [-0.3, -0.25) is 0 Å². The van der Waals surface area contributed by atoms with E-state index >= 15 is 0 Å². The molecule has 0 unspecified atom stereocenters. The first-order valence-corrected chi connectivity index (χ1v) is 7.76. The molecule has 0 aliphatic rings. The lowest BCUT2D eigenvalue weighted by Gasteiger charge is -2.17. The lowest BCUT2D eigenvalue weighted by Crippen LogP contribution is -2.15. The minimum atomic E-state index is -0.272. The summed E-state index contributed by atoms with van der Waals surface area (Å²) in [6, 6.07) is 11.0. The normalized spacial score (nSPS) is 11.7. The van der Waals surface area contributed by atoms with Crippen molar-refractivity contribution < 1.29 is 0 Å². The Balaban J connectivity index is 2.22. The van der Waals surface area contributed by atoms with Gasteiger partial charge in [0, 0.05) is 19.3 Å². The maximum Gasteiger partial charge on any atom is 0.0684 e. The SMILES string of the molecule is CCCNCc1cccc2ccn(CCC(C)(C)C#N)c12. The second-order valence-electron chi connectivity index (χ2n) is 6.29. The quantitative estimate of drug-likeness (QED) is 0.778. The average Bonchev–Trinajstić information content (AvgIpc) is 2.90.